The van der Waals surface area contributed by atoms with Crippen LogP contribution in [0.5, 0.6) is 0 Å². The van der Waals surface area contributed by atoms with Crippen molar-refractivity contribution in [2.75, 3.05) is 6.54 Å². The van der Waals surface area contributed by atoms with E-state index in [2.05, 4.69) is 17.6 Å². The molecule has 0 aliphatic heterocycles. The summed E-state index contributed by atoms with van der Waals surface area (Å²) in [4.78, 5) is 11.8. The molecule has 0 spiro atoms. The molecule has 0 aromatic rings. The van der Waals surface area contributed by atoms with E-state index < -0.39 is 5.60 Å². The maximum Gasteiger partial charge on any atom is 0.407 e. The number of nitrogens with one attached hydrogen (secondary N) is 2. The summed E-state index contributed by atoms with van der Waals surface area (Å²) in [6.07, 6.45) is 7.36. The second kappa shape index (κ2) is 6.99. The monoisotopic (exact) mass is 296 g/mol. The number of ether oxygens (including phenoxy) is 1. The van der Waals surface area contributed by atoms with Crippen LogP contribution in [0.3, 0.4) is 0 Å². The first-order valence-electron chi connectivity index (χ1n) is 8.56. The largest absolute Gasteiger partial charge is 0.444 e. The molecule has 1 amide bonds. The Morgan fingerprint density at radius 2 is 1.86 bits per heavy atom. The molecule has 0 aromatic carbocycles. The van der Waals surface area contributed by atoms with Crippen molar-refractivity contribution in [2.45, 2.75) is 83.9 Å². The van der Waals surface area contributed by atoms with Crippen LogP contribution in [0.1, 0.15) is 66.2 Å². The number of alkyl carbamates (subject to hydrolysis) is 1. The summed E-state index contributed by atoms with van der Waals surface area (Å²) >= 11 is 0. The maximum absolute atomic E-state index is 11.8. The first-order valence-corrected chi connectivity index (χ1v) is 8.56. The SMILES string of the molecule is CC1CC(NC2CCCCC2CNC(=O)OC(C)(C)C)C1. The molecule has 0 saturated heterocycles. The number of rotatable bonds is 4. The highest BCUT2D eigenvalue weighted by Gasteiger charge is 2.32. The van der Waals surface area contributed by atoms with E-state index in [1.807, 2.05) is 20.8 Å². The van der Waals surface area contributed by atoms with Gasteiger partial charge >= 0.3 is 6.09 Å². The lowest BCUT2D eigenvalue weighted by Crippen LogP contribution is -2.51. The summed E-state index contributed by atoms with van der Waals surface area (Å²) in [7, 11) is 0. The van der Waals surface area contributed by atoms with Crippen LogP contribution in [0.4, 0.5) is 4.79 Å². The van der Waals surface area contributed by atoms with Crippen LogP contribution >= 0.6 is 0 Å². The second-order valence-electron chi connectivity index (χ2n) is 7.97. The summed E-state index contributed by atoms with van der Waals surface area (Å²) < 4.78 is 5.32. The van der Waals surface area contributed by atoms with Crippen molar-refractivity contribution in [1.82, 2.24) is 10.6 Å². The highest BCUT2D eigenvalue weighted by atomic mass is 16.6. The fourth-order valence-electron chi connectivity index (χ4n) is 3.54. The fraction of sp³-hybridized carbons (Fsp3) is 0.941. The third-order valence-electron chi connectivity index (χ3n) is 4.64. The minimum absolute atomic E-state index is 0.288. The first-order chi connectivity index (χ1) is 9.83. The van der Waals surface area contributed by atoms with E-state index in [1.165, 1.54) is 38.5 Å². The van der Waals surface area contributed by atoms with Crippen molar-refractivity contribution in [3.8, 4) is 0 Å². The molecular formula is C17H32N2O2. The van der Waals surface area contributed by atoms with E-state index in [0.717, 1.165) is 12.5 Å². The fourth-order valence-corrected chi connectivity index (χ4v) is 3.54. The minimum atomic E-state index is -0.420. The van der Waals surface area contributed by atoms with Gasteiger partial charge in [-0.3, -0.25) is 0 Å². The lowest BCUT2D eigenvalue weighted by Gasteiger charge is -2.41. The molecule has 0 aromatic heterocycles. The molecule has 2 atom stereocenters. The predicted octanol–water partition coefficient (Wildman–Crippen LogP) is 3.46. The molecule has 2 aliphatic rings. The molecule has 2 fully saturated rings. The molecule has 2 aliphatic carbocycles. The van der Waals surface area contributed by atoms with Gasteiger partial charge in [-0.2, -0.15) is 0 Å². The zero-order valence-corrected chi connectivity index (χ0v) is 14.1. The zero-order chi connectivity index (χ0) is 15.5. The van der Waals surface area contributed by atoms with Gasteiger partial charge in [0.25, 0.3) is 0 Å². The minimum Gasteiger partial charge on any atom is -0.444 e. The van der Waals surface area contributed by atoms with Crippen LogP contribution in [0.15, 0.2) is 0 Å². The highest BCUT2D eigenvalue weighted by molar-refractivity contribution is 5.67. The highest BCUT2D eigenvalue weighted by Crippen LogP contribution is 2.30. The lowest BCUT2D eigenvalue weighted by atomic mass is 9.78. The molecule has 122 valence electrons. The topological polar surface area (TPSA) is 50.4 Å². The van der Waals surface area contributed by atoms with Gasteiger partial charge in [0.2, 0.25) is 0 Å². The van der Waals surface area contributed by atoms with Gasteiger partial charge < -0.3 is 15.4 Å². The van der Waals surface area contributed by atoms with E-state index >= 15 is 0 Å². The van der Waals surface area contributed by atoms with E-state index in [0.29, 0.717) is 18.0 Å². The molecule has 0 bridgehead atoms. The van der Waals surface area contributed by atoms with Crippen LogP contribution in [0.2, 0.25) is 0 Å². The van der Waals surface area contributed by atoms with Gasteiger partial charge in [-0.15, -0.1) is 0 Å². The van der Waals surface area contributed by atoms with Crippen molar-refractivity contribution in [2.24, 2.45) is 11.8 Å². The Bertz CT molecular complexity index is 345. The summed E-state index contributed by atoms with van der Waals surface area (Å²) in [6.45, 7) is 8.75. The Balaban J connectivity index is 1.75. The summed E-state index contributed by atoms with van der Waals surface area (Å²) in [5.74, 6) is 1.42. The van der Waals surface area contributed by atoms with Crippen LogP contribution in [0, 0.1) is 11.8 Å². The molecule has 4 nitrogen and oxygen atoms in total. The first kappa shape index (κ1) is 16.6. The standard InChI is InChI=1S/C17H32N2O2/c1-12-9-14(10-12)19-15-8-6-5-7-13(15)11-18-16(20)21-17(2,3)4/h12-15,19H,5-11H2,1-4H3,(H,18,20). The van der Waals surface area contributed by atoms with E-state index in [1.54, 1.807) is 0 Å². The van der Waals surface area contributed by atoms with Gasteiger partial charge in [0.1, 0.15) is 5.60 Å². The molecular weight excluding hydrogens is 264 g/mol. The number of carbonyl (C=O) groups excluding carboxylic acids is 1. The van der Waals surface area contributed by atoms with Crippen molar-refractivity contribution in [3.63, 3.8) is 0 Å². The average Bonchev–Trinajstić information content (AvgIpc) is 2.34. The predicted molar refractivity (Wildman–Crippen MR) is 85.3 cm³/mol. The van der Waals surface area contributed by atoms with Gasteiger partial charge in [-0.25, -0.2) is 4.79 Å². The van der Waals surface area contributed by atoms with Gasteiger partial charge in [-0.05, 0) is 58.3 Å². The Hall–Kier alpha value is -0.770. The third-order valence-corrected chi connectivity index (χ3v) is 4.64. The smallest absolute Gasteiger partial charge is 0.407 e. The Morgan fingerprint density at radius 1 is 1.19 bits per heavy atom. The number of hydrogen-bond acceptors (Lipinski definition) is 3. The average molecular weight is 296 g/mol. The van der Waals surface area contributed by atoms with Crippen molar-refractivity contribution < 1.29 is 9.53 Å². The molecule has 2 saturated carbocycles. The zero-order valence-electron chi connectivity index (χ0n) is 14.1. The van der Waals surface area contributed by atoms with E-state index in [4.69, 9.17) is 4.74 Å². The molecule has 2 N–H and O–H groups in total. The van der Waals surface area contributed by atoms with Crippen LogP contribution in [-0.4, -0.2) is 30.3 Å². The molecule has 4 heteroatoms. The summed E-state index contributed by atoms with van der Waals surface area (Å²) in [6, 6.07) is 1.26. The lowest BCUT2D eigenvalue weighted by molar-refractivity contribution is 0.0507. The van der Waals surface area contributed by atoms with Crippen LogP contribution in [0.25, 0.3) is 0 Å². The number of carbonyl (C=O) groups is 1. The number of hydrogen-bond donors (Lipinski definition) is 2. The maximum atomic E-state index is 11.8. The molecule has 0 heterocycles. The summed E-state index contributed by atoms with van der Waals surface area (Å²) in [5.41, 5.74) is -0.420. The van der Waals surface area contributed by atoms with E-state index in [9.17, 15) is 4.79 Å². The number of amides is 1. The Kier molecular flexibility index (Phi) is 5.53. The quantitative estimate of drug-likeness (QED) is 0.835. The van der Waals surface area contributed by atoms with Crippen molar-refractivity contribution in [1.29, 1.82) is 0 Å². The molecule has 2 unspecified atom stereocenters. The Labute approximate surface area is 129 Å². The normalized spacial score (nSPS) is 33.1. The van der Waals surface area contributed by atoms with Crippen LogP contribution in [-0.2, 0) is 4.74 Å². The third kappa shape index (κ3) is 5.50. The van der Waals surface area contributed by atoms with E-state index in [-0.39, 0.29) is 6.09 Å². The van der Waals surface area contributed by atoms with Gasteiger partial charge in [0, 0.05) is 18.6 Å². The second-order valence-corrected chi connectivity index (χ2v) is 7.97. The van der Waals surface area contributed by atoms with Crippen molar-refractivity contribution >= 4 is 6.09 Å². The molecule has 0 radical (unpaired) electrons. The Morgan fingerprint density at radius 3 is 2.48 bits per heavy atom. The van der Waals surface area contributed by atoms with Crippen molar-refractivity contribution in [3.05, 3.63) is 0 Å². The summed E-state index contributed by atoms with van der Waals surface area (Å²) in [5, 5.41) is 6.77. The van der Waals surface area contributed by atoms with Gasteiger partial charge in [0.05, 0.1) is 0 Å². The van der Waals surface area contributed by atoms with Crippen LogP contribution < -0.4 is 10.6 Å². The van der Waals surface area contributed by atoms with Gasteiger partial charge in [0.15, 0.2) is 0 Å². The molecule has 21 heavy (non-hydrogen) atoms. The van der Waals surface area contributed by atoms with Gasteiger partial charge in [-0.1, -0.05) is 19.8 Å². The molecule has 2 rings (SSSR count).